The molecule has 2 nitrogen and oxygen atoms in total. The van der Waals surface area contributed by atoms with Crippen LogP contribution in [0.1, 0.15) is 0 Å². The van der Waals surface area contributed by atoms with Crippen molar-refractivity contribution in [2.45, 2.75) is 0 Å². The Hall–Kier alpha value is -1.16. The molecule has 0 radical (unpaired) electrons. The molecule has 1 rings (SSSR count). The van der Waals surface area contributed by atoms with E-state index in [1.807, 2.05) is 0 Å². The third kappa shape index (κ3) is 1.92. The monoisotopic (exact) mass is 172 g/mol. The molecule has 0 aliphatic carbocycles. The maximum absolute atomic E-state index is 12.8. The highest BCUT2D eigenvalue weighted by Gasteiger charge is 2.05. The van der Waals surface area contributed by atoms with Crippen LogP contribution in [-0.4, -0.2) is 13.1 Å². The Kier molecular flexibility index (Phi) is 2.99. The number of benzene rings is 1. The summed E-state index contributed by atoms with van der Waals surface area (Å²) in [5, 5.41) is 2.66. The van der Waals surface area contributed by atoms with Gasteiger partial charge in [0.05, 0.1) is 5.69 Å². The molecular formula is C8H10F2N2. The standard InChI is InChI=1S/C8H10F2N2/c9-6-2-1-3-7(8(6)10)12-5-4-11/h1-3,12H,4-5,11H2. The zero-order valence-electron chi connectivity index (χ0n) is 6.48. The van der Waals surface area contributed by atoms with E-state index in [4.69, 9.17) is 5.73 Å². The Bertz CT molecular complexity index is 263. The lowest BCUT2D eigenvalue weighted by molar-refractivity contribution is 0.511. The van der Waals surface area contributed by atoms with Crippen molar-refractivity contribution < 1.29 is 8.78 Å². The summed E-state index contributed by atoms with van der Waals surface area (Å²) in [6.45, 7) is 0.816. The lowest BCUT2D eigenvalue weighted by Gasteiger charge is -2.05. The molecule has 0 unspecified atom stereocenters. The lowest BCUT2D eigenvalue weighted by atomic mass is 10.3. The van der Waals surface area contributed by atoms with E-state index in [-0.39, 0.29) is 5.69 Å². The van der Waals surface area contributed by atoms with E-state index in [0.717, 1.165) is 6.07 Å². The summed E-state index contributed by atoms with van der Waals surface area (Å²) in [4.78, 5) is 0. The van der Waals surface area contributed by atoms with E-state index in [1.54, 1.807) is 0 Å². The SMILES string of the molecule is NCCNc1cccc(F)c1F. The minimum Gasteiger partial charge on any atom is -0.381 e. The van der Waals surface area contributed by atoms with E-state index < -0.39 is 11.6 Å². The van der Waals surface area contributed by atoms with Gasteiger partial charge in [0.15, 0.2) is 11.6 Å². The largest absolute Gasteiger partial charge is 0.381 e. The van der Waals surface area contributed by atoms with Crippen molar-refractivity contribution in [3.8, 4) is 0 Å². The summed E-state index contributed by atoms with van der Waals surface area (Å²) >= 11 is 0. The van der Waals surface area contributed by atoms with E-state index in [0.29, 0.717) is 13.1 Å². The van der Waals surface area contributed by atoms with Crippen LogP contribution in [0.15, 0.2) is 18.2 Å². The summed E-state index contributed by atoms with van der Waals surface area (Å²) in [6, 6.07) is 3.98. The molecule has 0 aliphatic rings. The van der Waals surface area contributed by atoms with Crippen LogP contribution in [0.2, 0.25) is 0 Å². The second-order valence-corrected chi connectivity index (χ2v) is 2.32. The molecule has 66 valence electrons. The van der Waals surface area contributed by atoms with Gasteiger partial charge >= 0.3 is 0 Å². The van der Waals surface area contributed by atoms with Crippen LogP contribution < -0.4 is 11.1 Å². The highest BCUT2D eigenvalue weighted by Crippen LogP contribution is 2.15. The zero-order chi connectivity index (χ0) is 8.97. The molecule has 0 bridgehead atoms. The van der Waals surface area contributed by atoms with Gasteiger partial charge in [0, 0.05) is 13.1 Å². The fourth-order valence-electron chi connectivity index (χ4n) is 0.847. The minimum absolute atomic E-state index is 0.153. The van der Waals surface area contributed by atoms with Crippen molar-refractivity contribution in [1.82, 2.24) is 0 Å². The summed E-state index contributed by atoms with van der Waals surface area (Å²) in [5.41, 5.74) is 5.34. The molecule has 0 saturated carbocycles. The summed E-state index contributed by atoms with van der Waals surface area (Å²) < 4.78 is 25.4. The summed E-state index contributed by atoms with van der Waals surface area (Å²) in [6.07, 6.45) is 0. The minimum atomic E-state index is -0.856. The van der Waals surface area contributed by atoms with Gasteiger partial charge in [-0.3, -0.25) is 0 Å². The number of halogens is 2. The molecule has 0 fully saturated rings. The molecule has 0 aromatic heterocycles. The number of nitrogens with two attached hydrogens (primary N) is 1. The average Bonchev–Trinajstić information content (AvgIpc) is 2.08. The molecule has 0 aliphatic heterocycles. The maximum atomic E-state index is 12.8. The van der Waals surface area contributed by atoms with Crippen molar-refractivity contribution in [2.24, 2.45) is 5.73 Å². The first-order chi connectivity index (χ1) is 5.75. The third-order valence-corrected chi connectivity index (χ3v) is 1.41. The van der Waals surface area contributed by atoms with Gasteiger partial charge in [-0.15, -0.1) is 0 Å². The molecule has 4 heteroatoms. The first-order valence-electron chi connectivity index (χ1n) is 3.63. The Morgan fingerprint density at radius 1 is 1.33 bits per heavy atom. The topological polar surface area (TPSA) is 38.0 Å². The molecule has 1 aromatic rings. The van der Waals surface area contributed by atoms with Crippen LogP contribution >= 0.6 is 0 Å². The van der Waals surface area contributed by atoms with Crippen LogP contribution in [0.5, 0.6) is 0 Å². The molecule has 0 saturated heterocycles. The van der Waals surface area contributed by atoms with Crippen molar-refractivity contribution >= 4 is 5.69 Å². The average molecular weight is 172 g/mol. The molecule has 0 heterocycles. The third-order valence-electron chi connectivity index (χ3n) is 1.41. The van der Waals surface area contributed by atoms with Gasteiger partial charge in [0.25, 0.3) is 0 Å². The van der Waals surface area contributed by atoms with Crippen LogP contribution in [-0.2, 0) is 0 Å². The normalized spacial score (nSPS) is 9.92. The Balaban J connectivity index is 2.78. The van der Waals surface area contributed by atoms with Crippen molar-refractivity contribution in [3.63, 3.8) is 0 Å². The maximum Gasteiger partial charge on any atom is 0.181 e. The van der Waals surface area contributed by atoms with Gasteiger partial charge in [0.1, 0.15) is 0 Å². The molecule has 1 aromatic carbocycles. The predicted octanol–water partition coefficient (Wildman–Crippen LogP) is 1.34. The van der Waals surface area contributed by atoms with E-state index >= 15 is 0 Å². The second kappa shape index (κ2) is 4.01. The van der Waals surface area contributed by atoms with Gasteiger partial charge in [-0.05, 0) is 12.1 Å². The Morgan fingerprint density at radius 2 is 2.08 bits per heavy atom. The number of hydrogen-bond donors (Lipinski definition) is 2. The van der Waals surface area contributed by atoms with Gasteiger partial charge in [0.2, 0.25) is 0 Å². The molecule has 0 amide bonds. The second-order valence-electron chi connectivity index (χ2n) is 2.32. The molecule has 0 atom stereocenters. The van der Waals surface area contributed by atoms with Gasteiger partial charge < -0.3 is 11.1 Å². The number of rotatable bonds is 3. The van der Waals surface area contributed by atoms with Gasteiger partial charge in [-0.25, -0.2) is 8.78 Å². The number of nitrogens with one attached hydrogen (secondary N) is 1. The molecular weight excluding hydrogens is 162 g/mol. The van der Waals surface area contributed by atoms with Crippen molar-refractivity contribution in [1.29, 1.82) is 0 Å². The van der Waals surface area contributed by atoms with E-state index in [2.05, 4.69) is 5.32 Å². The molecule has 3 N–H and O–H groups in total. The fraction of sp³-hybridized carbons (Fsp3) is 0.250. The van der Waals surface area contributed by atoms with Gasteiger partial charge in [-0.2, -0.15) is 0 Å². The van der Waals surface area contributed by atoms with Crippen LogP contribution in [0.25, 0.3) is 0 Å². The van der Waals surface area contributed by atoms with Crippen molar-refractivity contribution in [2.75, 3.05) is 18.4 Å². The quantitative estimate of drug-likeness (QED) is 0.722. The zero-order valence-corrected chi connectivity index (χ0v) is 6.48. The van der Waals surface area contributed by atoms with E-state index in [1.165, 1.54) is 12.1 Å². The fourth-order valence-corrected chi connectivity index (χ4v) is 0.847. The van der Waals surface area contributed by atoms with Crippen LogP contribution in [0.3, 0.4) is 0 Å². The van der Waals surface area contributed by atoms with Crippen molar-refractivity contribution in [3.05, 3.63) is 29.8 Å². The van der Waals surface area contributed by atoms with Gasteiger partial charge in [-0.1, -0.05) is 6.07 Å². The highest BCUT2D eigenvalue weighted by atomic mass is 19.2. The van der Waals surface area contributed by atoms with Crippen LogP contribution in [0.4, 0.5) is 14.5 Å². The Labute approximate surface area is 69.4 Å². The number of hydrogen-bond acceptors (Lipinski definition) is 2. The summed E-state index contributed by atoms with van der Waals surface area (Å²) in [7, 11) is 0. The first kappa shape index (κ1) is 8.93. The highest BCUT2D eigenvalue weighted by molar-refractivity contribution is 5.44. The Morgan fingerprint density at radius 3 is 2.75 bits per heavy atom. The van der Waals surface area contributed by atoms with E-state index in [9.17, 15) is 8.78 Å². The first-order valence-corrected chi connectivity index (χ1v) is 3.63. The smallest absolute Gasteiger partial charge is 0.181 e. The number of anilines is 1. The lowest BCUT2D eigenvalue weighted by Crippen LogP contribution is -2.14. The van der Waals surface area contributed by atoms with Crippen LogP contribution in [0, 0.1) is 11.6 Å². The predicted molar refractivity (Wildman–Crippen MR) is 43.9 cm³/mol. The molecule has 0 spiro atoms. The molecule has 12 heavy (non-hydrogen) atoms. The summed E-state index contributed by atoms with van der Waals surface area (Å²) in [5.74, 6) is -1.71.